The van der Waals surface area contributed by atoms with Gasteiger partial charge < -0.3 is 10.2 Å². The lowest BCUT2D eigenvalue weighted by atomic mass is 9.64. The van der Waals surface area contributed by atoms with Crippen LogP contribution in [0, 0.1) is 13.8 Å². The lowest BCUT2D eigenvalue weighted by Crippen LogP contribution is -2.52. The Hall–Kier alpha value is -2.24. The van der Waals surface area contributed by atoms with E-state index < -0.39 is 11.2 Å². The van der Waals surface area contributed by atoms with Gasteiger partial charge in [-0.25, -0.2) is 0 Å². The summed E-state index contributed by atoms with van der Waals surface area (Å²) in [6.07, 6.45) is 0. The van der Waals surface area contributed by atoms with E-state index in [1.165, 1.54) is 22.7 Å². The molecule has 28 heavy (non-hydrogen) atoms. The Morgan fingerprint density at radius 2 is 0.964 bits per heavy atom. The minimum atomic E-state index is -1.58. The molecule has 2 unspecified atom stereocenters. The molecule has 2 heterocycles. The molecule has 0 aliphatic heterocycles. The molecule has 2 aromatic carbocycles. The minimum Gasteiger partial charge on any atom is -0.376 e. The van der Waals surface area contributed by atoms with E-state index in [2.05, 4.69) is 0 Å². The molecular weight excluding hydrogens is 384 g/mol. The molecule has 2 aromatic heterocycles. The number of rotatable bonds is 2. The number of aliphatic hydroxyl groups is 2. The molecule has 4 heteroatoms. The summed E-state index contributed by atoms with van der Waals surface area (Å²) in [5.74, 6) is 0. The first-order valence-corrected chi connectivity index (χ1v) is 10.9. The largest absolute Gasteiger partial charge is 0.376 e. The topological polar surface area (TPSA) is 40.5 Å². The van der Waals surface area contributed by atoms with Gasteiger partial charge >= 0.3 is 0 Å². The van der Waals surface area contributed by atoms with Crippen molar-refractivity contribution in [3.63, 3.8) is 0 Å². The van der Waals surface area contributed by atoms with E-state index in [-0.39, 0.29) is 0 Å². The number of benzene rings is 2. The molecule has 0 fully saturated rings. The highest BCUT2D eigenvalue weighted by Crippen LogP contribution is 2.59. The van der Waals surface area contributed by atoms with Crippen LogP contribution in [0.2, 0.25) is 0 Å². The maximum absolute atomic E-state index is 12.4. The molecule has 4 aromatic rings. The van der Waals surface area contributed by atoms with Crippen molar-refractivity contribution >= 4 is 22.7 Å². The van der Waals surface area contributed by atoms with E-state index in [4.69, 9.17) is 0 Å². The van der Waals surface area contributed by atoms with Crippen LogP contribution in [0.15, 0.2) is 72.8 Å². The second-order valence-corrected chi connectivity index (χ2v) is 9.91. The molecule has 0 amide bonds. The predicted octanol–water partition coefficient (Wildman–Crippen LogP) is 5.58. The van der Waals surface area contributed by atoms with Crippen LogP contribution >= 0.6 is 22.7 Å². The lowest BCUT2D eigenvalue weighted by molar-refractivity contribution is -0.110. The fraction of sp³-hybridized carbons (Fsp3) is 0.167. The summed E-state index contributed by atoms with van der Waals surface area (Å²) in [7, 11) is 0. The molecular formula is C24H20O2S2. The van der Waals surface area contributed by atoms with Gasteiger partial charge in [-0.15, -0.1) is 22.7 Å². The highest BCUT2D eigenvalue weighted by Gasteiger charge is 2.59. The van der Waals surface area contributed by atoms with Gasteiger partial charge in [0, 0.05) is 30.6 Å². The summed E-state index contributed by atoms with van der Waals surface area (Å²) in [4.78, 5) is 3.70. The van der Waals surface area contributed by atoms with Crippen LogP contribution in [0.1, 0.15) is 30.6 Å². The van der Waals surface area contributed by atoms with Crippen molar-refractivity contribution in [3.8, 4) is 11.1 Å². The van der Waals surface area contributed by atoms with Crippen molar-refractivity contribution in [2.75, 3.05) is 0 Å². The molecule has 0 radical (unpaired) electrons. The Kier molecular flexibility index (Phi) is 3.90. The lowest BCUT2D eigenvalue weighted by Gasteiger charge is -2.48. The number of hydrogen-bond donors (Lipinski definition) is 2. The summed E-state index contributed by atoms with van der Waals surface area (Å²) in [6, 6.07) is 23.6. The second-order valence-electron chi connectivity index (χ2n) is 7.33. The van der Waals surface area contributed by atoms with Crippen molar-refractivity contribution in [3.05, 3.63) is 103 Å². The standard InChI is InChI=1S/C24H20O2S2/c1-15-11-13-21(27-15)23(25)19-9-5-3-7-17(19)18-8-4-6-10-20(18)24(23,26)22-14-12-16(2)28-22/h3-14,25-26H,1-2H3. The van der Waals surface area contributed by atoms with Crippen LogP contribution in [0.3, 0.4) is 0 Å². The summed E-state index contributed by atoms with van der Waals surface area (Å²) in [5.41, 5.74) is 0.255. The Morgan fingerprint density at radius 3 is 1.32 bits per heavy atom. The van der Waals surface area contributed by atoms with Crippen molar-refractivity contribution in [1.82, 2.24) is 0 Å². The van der Waals surface area contributed by atoms with Crippen molar-refractivity contribution in [2.45, 2.75) is 25.0 Å². The van der Waals surface area contributed by atoms with E-state index in [0.717, 1.165) is 41.8 Å². The molecule has 2 nitrogen and oxygen atoms in total. The third kappa shape index (κ3) is 2.20. The van der Waals surface area contributed by atoms with Gasteiger partial charge in [0.2, 0.25) is 0 Å². The highest BCUT2D eigenvalue weighted by atomic mass is 32.1. The van der Waals surface area contributed by atoms with Crippen molar-refractivity contribution in [1.29, 1.82) is 0 Å². The van der Waals surface area contributed by atoms with E-state index in [0.29, 0.717) is 0 Å². The number of fused-ring (bicyclic) bond motifs is 3. The van der Waals surface area contributed by atoms with Crippen molar-refractivity contribution in [2.24, 2.45) is 0 Å². The summed E-state index contributed by atoms with van der Waals surface area (Å²) in [5, 5.41) is 24.8. The van der Waals surface area contributed by atoms with Crippen LogP contribution in [0.25, 0.3) is 11.1 Å². The molecule has 0 saturated heterocycles. The van der Waals surface area contributed by atoms with E-state index >= 15 is 0 Å². The van der Waals surface area contributed by atoms with E-state index in [9.17, 15) is 10.2 Å². The zero-order chi connectivity index (χ0) is 19.5. The Morgan fingerprint density at radius 1 is 0.571 bits per heavy atom. The predicted molar refractivity (Wildman–Crippen MR) is 116 cm³/mol. The SMILES string of the molecule is Cc1ccc(C2(O)c3ccccc3-c3ccccc3C2(O)c2ccc(C)s2)s1. The van der Waals surface area contributed by atoms with Crippen molar-refractivity contribution < 1.29 is 10.2 Å². The fourth-order valence-electron chi connectivity index (χ4n) is 4.34. The van der Waals surface area contributed by atoms with Gasteiger partial charge in [-0.05, 0) is 49.2 Å². The average Bonchev–Trinajstić information content (AvgIpc) is 3.35. The zero-order valence-corrected chi connectivity index (χ0v) is 17.3. The zero-order valence-electron chi connectivity index (χ0n) is 15.6. The molecule has 1 aliphatic carbocycles. The molecule has 140 valence electrons. The summed E-state index contributed by atoms with van der Waals surface area (Å²) in [6.45, 7) is 4.04. The monoisotopic (exact) mass is 404 g/mol. The Labute approximate surface area is 172 Å². The van der Waals surface area contributed by atoms with Gasteiger partial charge in [0.15, 0.2) is 11.2 Å². The fourth-order valence-corrected chi connectivity index (χ4v) is 6.39. The van der Waals surface area contributed by atoms with Crippen LogP contribution in [-0.4, -0.2) is 10.2 Å². The molecule has 5 rings (SSSR count). The quantitative estimate of drug-likeness (QED) is 0.458. The maximum Gasteiger partial charge on any atom is 0.162 e. The normalized spacial score (nSPS) is 23.3. The molecule has 2 N–H and O–H groups in total. The molecule has 0 spiro atoms. The number of aryl methyl sites for hydroxylation is 2. The van der Waals surface area contributed by atoms with Crippen LogP contribution in [0.4, 0.5) is 0 Å². The Bertz CT molecular complexity index is 1090. The van der Waals surface area contributed by atoms with Gasteiger partial charge in [0.25, 0.3) is 0 Å². The smallest absolute Gasteiger partial charge is 0.162 e. The van der Waals surface area contributed by atoms with Gasteiger partial charge in [-0.2, -0.15) is 0 Å². The second kappa shape index (κ2) is 6.13. The van der Waals surface area contributed by atoms with Crippen LogP contribution in [-0.2, 0) is 11.2 Å². The summed E-state index contributed by atoms with van der Waals surface area (Å²) >= 11 is 3.06. The highest BCUT2D eigenvalue weighted by molar-refractivity contribution is 7.12. The number of thiophene rings is 2. The van der Waals surface area contributed by atoms with Gasteiger partial charge in [0.1, 0.15) is 0 Å². The van der Waals surface area contributed by atoms with Gasteiger partial charge in [-0.1, -0.05) is 48.5 Å². The first kappa shape index (κ1) is 17.8. The third-order valence-electron chi connectivity index (χ3n) is 5.64. The van der Waals surface area contributed by atoms with Gasteiger partial charge in [-0.3, -0.25) is 0 Å². The molecule has 0 bridgehead atoms. The molecule has 0 saturated carbocycles. The molecule has 2 atom stereocenters. The minimum absolute atomic E-state index is 0.740. The summed E-state index contributed by atoms with van der Waals surface area (Å²) < 4.78 is 0. The molecule has 1 aliphatic rings. The third-order valence-corrected chi connectivity index (χ3v) is 7.86. The van der Waals surface area contributed by atoms with Crippen LogP contribution < -0.4 is 0 Å². The van der Waals surface area contributed by atoms with Gasteiger partial charge in [0.05, 0.1) is 0 Å². The first-order chi connectivity index (χ1) is 13.5. The number of hydrogen-bond acceptors (Lipinski definition) is 4. The Balaban J connectivity index is 1.95. The maximum atomic E-state index is 12.4. The van der Waals surface area contributed by atoms with Crippen LogP contribution in [0.5, 0.6) is 0 Å². The van der Waals surface area contributed by atoms with E-state index in [1.54, 1.807) is 0 Å². The average molecular weight is 405 g/mol. The van der Waals surface area contributed by atoms with E-state index in [1.807, 2.05) is 86.6 Å². The first-order valence-electron chi connectivity index (χ1n) is 9.24.